The molecular formula is C14H10N4O. The summed E-state index contributed by atoms with van der Waals surface area (Å²) in [6, 6.07) is 9.83. The topological polar surface area (TPSA) is 56.2 Å². The summed E-state index contributed by atoms with van der Waals surface area (Å²) in [7, 11) is 0. The Labute approximate surface area is 108 Å². The second-order valence-corrected chi connectivity index (χ2v) is 4.39. The first-order valence-corrected chi connectivity index (χ1v) is 6.00. The summed E-state index contributed by atoms with van der Waals surface area (Å²) in [5.41, 5.74) is 4.67. The van der Waals surface area contributed by atoms with Gasteiger partial charge in [0.15, 0.2) is 17.6 Å². The highest BCUT2D eigenvalue weighted by Gasteiger charge is 2.05. The molecule has 0 fully saturated rings. The Morgan fingerprint density at radius 2 is 2.21 bits per heavy atom. The second kappa shape index (κ2) is 3.91. The van der Waals surface area contributed by atoms with Gasteiger partial charge in [-0.25, -0.2) is 14.5 Å². The molecule has 0 aliphatic heterocycles. The third-order valence-electron chi connectivity index (χ3n) is 3.07. The predicted octanol–water partition coefficient (Wildman–Crippen LogP) is 2.46. The zero-order valence-corrected chi connectivity index (χ0v) is 10.0. The van der Waals surface area contributed by atoms with E-state index in [4.69, 9.17) is 4.42 Å². The van der Waals surface area contributed by atoms with E-state index in [1.54, 1.807) is 10.7 Å². The van der Waals surface area contributed by atoms with E-state index >= 15 is 0 Å². The van der Waals surface area contributed by atoms with Gasteiger partial charge in [-0.2, -0.15) is 5.10 Å². The molecule has 0 spiro atoms. The van der Waals surface area contributed by atoms with Gasteiger partial charge in [0.1, 0.15) is 5.52 Å². The lowest BCUT2D eigenvalue weighted by molar-refractivity contribution is 0.602. The number of rotatable bonds is 2. The number of nitrogens with zero attached hydrogens (tertiary/aromatic N) is 4. The second-order valence-electron chi connectivity index (χ2n) is 4.39. The standard InChI is InChI=1S/C14H10N4O/c1-2-14-17-11(8-18(14)16-5-1)6-10-3-4-12-13(7-10)19-9-15-12/h1-5,7-9H,6H2. The SMILES string of the molecule is c1cnn2cc(Cc3ccc4ncoc4c3)nc2c1. The number of fused-ring (bicyclic) bond motifs is 2. The lowest BCUT2D eigenvalue weighted by Gasteiger charge is -1.96. The number of oxazole rings is 1. The minimum Gasteiger partial charge on any atom is -0.443 e. The molecule has 0 saturated carbocycles. The average molecular weight is 250 g/mol. The molecule has 5 nitrogen and oxygen atoms in total. The van der Waals surface area contributed by atoms with E-state index in [-0.39, 0.29) is 0 Å². The zero-order valence-electron chi connectivity index (χ0n) is 10.0. The summed E-state index contributed by atoms with van der Waals surface area (Å²) in [5.74, 6) is 0. The molecule has 0 aliphatic rings. The van der Waals surface area contributed by atoms with Crippen LogP contribution in [0.15, 0.2) is 53.5 Å². The van der Waals surface area contributed by atoms with Crippen LogP contribution in [-0.4, -0.2) is 19.6 Å². The van der Waals surface area contributed by atoms with Gasteiger partial charge >= 0.3 is 0 Å². The fourth-order valence-corrected chi connectivity index (χ4v) is 2.18. The minimum atomic E-state index is 0.750. The van der Waals surface area contributed by atoms with Crippen molar-refractivity contribution in [2.24, 2.45) is 0 Å². The molecule has 0 radical (unpaired) electrons. The maximum atomic E-state index is 5.31. The quantitative estimate of drug-likeness (QED) is 0.548. The van der Waals surface area contributed by atoms with Crippen LogP contribution in [-0.2, 0) is 6.42 Å². The number of benzene rings is 1. The number of imidazole rings is 1. The van der Waals surface area contributed by atoms with Crippen LogP contribution in [0.5, 0.6) is 0 Å². The summed E-state index contributed by atoms with van der Waals surface area (Å²) in [6.45, 7) is 0. The first-order chi connectivity index (χ1) is 9.38. The number of hydrogen-bond acceptors (Lipinski definition) is 4. The molecule has 0 unspecified atom stereocenters. The summed E-state index contributed by atoms with van der Waals surface area (Å²) >= 11 is 0. The summed E-state index contributed by atoms with van der Waals surface area (Å²) < 4.78 is 7.09. The minimum absolute atomic E-state index is 0.750. The van der Waals surface area contributed by atoms with Gasteiger partial charge in [0.2, 0.25) is 0 Å². The molecule has 19 heavy (non-hydrogen) atoms. The first kappa shape index (κ1) is 10.3. The van der Waals surface area contributed by atoms with Gasteiger partial charge in [-0.3, -0.25) is 0 Å². The van der Waals surface area contributed by atoms with E-state index in [1.165, 1.54) is 6.39 Å². The van der Waals surface area contributed by atoms with Gasteiger partial charge in [0.25, 0.3) is 0 Å². The molecule has 4 aromatic rings. The average Bonchev–Trinajstić information content (AvgIpc) is 3.03. The Hall–Kier alpha value is -2.69. The Balaban J connectivity index is 1.72. The van der Waals surface area contributed by atoms with Gasteiger partial charge < -0.3 is 4.42 Å². The van der Waals surface area contributed by atoms with E-state index in [1.807, 2.05) is 36.5 Å². The highest BCUT2D eigenvalue weighted by atomic mass is 16.3. The number of hydrogen-bond donors (Lipinski definition) is 0. The van der Waals surface area contributed by atoms with Crippen LogP contribution < -0.4 is 0 Å². The van der Waals surface area contributed by atoms with Gasteiger partial charge in [0.05, 0.1) is 11.9 Å². The fraction of sp³-hybridized carbons (Fsp3) is 0.0714. The van der Waals surface area contributed by atoms with Crippen molar-refractivity contribution in [3.63, 3.8) is 0 Å². The third-order valence-corrected chi connectivity index (χ3v) is 3.07. The Kier molecular flexibility index (Phi) is 2.11. The van der Waals surface area contributed by atoms with E-state index in [0.29, 0.717) is 0 Å². The molecule has 4 rings (SSSR count). The lowest BCUT2D eigenvalue weighted by atomic mass is 10.1. The molecule has 0 amide bonds. The predicted molar refractivity (Wildman–Crippen MR) is 69.8 cm³/mol. The van der Waals surface area contributed by atoms with Crippen molar-refractivity contribution in [3.8, 4) is 0 Å². The van der Waals surface area contributed by atoms with Crippen molar-refractivity contribution in [1.29, 1.82) is 0 Å². The van der Waals surface area contributed by atoms with Gasteiger partial charge in [-0.1, -0.05) is 6.07 Å². The largest absolute Gasteiger partial charge is 0.443 e. The maximum absolute atomic E-state index is 5.31. The molecule has 1 aromatic carbocycles. The van der Waals surface area contributed by atoms with Crippen LogP contribution in [0.25, 0.3) is 16.7 Å². The zero-order chi connectivity index (χ0) is 12.7. The monoisotopic (exact) mass is 250 g/mol. The summed E-state index contributed by atoms with van der Waals surface area (Å²) in [6.07, 6.45) is 5.90. The molecule has 5 heteroatoms. The highest BCUT2D eigenvalue weighted by Crippen LogP contribution is 2.17. The van der Waals surface area contributed by atoms with Gasteiger partial charge in [-0.05, 0) is 29.8 Å². The normalized spacial score (nSPS) is 11.4. The van der Waals surface area contributed by atoms with Crippen molar-refractivity contribution >= 4 is 16.7 Å². The smallest absolute Gasteiger partial charge is 0.181 e. The molecule has 0 saturated heterocycles. The van der Waals surface area contributed by atoms with Crippen molar-refractivity contribution in [3.05, 3.63) is 60.4 Å². The first-order valence-electron chi connectivity index (χ1n) is 6.00. The van der Waals surface area contributed by atoms with Gasteiger partial charge in [0, 0.05) is 12.6 Å². The van der Waals surface area contributed by atoms with Crippen LogP contribution in [0.3, 0.4) is 0 Å². The Morgan fingerprint density at radius 3 is 3.16 bits per heavy atom. The van der Waals surface area contributed by atoms with Crippen molar-refractivity contribution in [2.75, 3.05) is 0 Å². The van der Waals surface area contributed by atoms with E-state index in [2.05, 4.69) is 15.1 Å². The summed E-state index contributed by atoms with van der Waals surface area (Å²) in [5, 5.41) is 4.21. The lowest BCUT2D eigenvalue weighted by Crippen LogP contribution is -1.88. The molecule has 0 atom stereocenters. The van der Waals surface area contributed by atoms with Crippen LogP contribution in [0.1, 0.15) is 11.3 Å². The van der Waals surface area contributed by atoms with Crippen molar-refractivity contribution < 1.29 is 4.42 Å². The van der Waals surface area contributed by atoms with Crippen molar-refractivity contribution in [1.82, 2.24) is 19.6 Å². The molecule has 0 N–H and O–H groups in total. The summed E-state index contributed by atoms with van der Waals surface area (Å²) in [4.78, 5) is 8.64. The maximum Gasteiger partial charge on any atom is 0.181 e. The molecule has 3 aromatic heterocycles. The Morgan fingerprint density at radius 1 is 1.21 bits per heavy atom. The van der Waals surface area contributed by atoms with Crippen LogP contribution in [0, 0.1) is 0 Å². The van der Waals surface area contributed by atoms with Crippen molar-refractivity contribution in [2.45, 2.75) is 6.42 Å². The van der Waals surface area contributed by atoms with Crippen LogP contribution in [0.4, 0.5) is 0 Å². The molecule has 3 heterocycles. The fourth-order valence-electron chi connectivity index (χ4n) is 2.18. The highest BCUT2D eigenvalue weighted by molar-refractivity contribution is 5.72. The molecule has 92 valence electrons. The Bertz CT molecular complexity index is 829. The molecule has 0 bridgehead atoms. The van der Waals surface area contributed by atoms with E-state index < -0.39 is 0 Å². The number of aromatic nitrogens is 4. The van der Waals surface area contributed by atoms with Crippen LogP contribution in [0.2, 0.25) is 0 Å². The van der Waals surface area contributed by atoms with Gasteiger partial charge in [-0.15, -0.1) is 0 Å². The molecule has 0 aliphatic carbocycles. The van der Waals surface area contributed by atoms with E-state index in [9.17, 15) is 0 Å². The molecular weight excluding hydrogens is 240 g/mol. The van der Waals surface area contributed by atoms with E-state index in [0.717, 1.165) is 34.4 Å². The van der Waals surface area contributed by atoms with Crippen LogP contribution >= 0.6 is 0 Å². The third kappa shape index (κ3) is 1.76.